The molecule has 32 heavy (non-hydrogen) atoms. The molecule has 168 valence electrons. The van der Waals surface area contributed by atoms with E-state index < -0.39 is 23.2 Å². The summed E-state index contributed by atoms with van der Waals surface area (Å²) in [6, 6.07) is 8.55. The van der Waals surface area contributed by atoms with E-state index in [1.54, 1.807) is 30.3 Å². The van der Waals surface area contributed by atoms with Crippen molar-refractivity contribution in [3.8, 4) is 11.5 Å². The summed E-state index contributed by atoms with van der Waals surface area (Å²) < 4.78 is 30.2. The highest BCUT2D eigenvalue weighted by molar-refractivity contribution is 9.10. The SMILES string of the molecule is COC(=O)[C@@H](C)N1C(=O)S/C(=C/c2cc(Br)c(OCc3ccccc3F)c(OC)c2)C1=O. The molecule has 3 rings (SSSR count). The topological polar surface area (TPSA) is 82.1 Å². The molecule has 7 nitrogen and oxygen atoms in total. The van der Waals surface area contributed by atoms with Gasteiger partial charge in [0.25, 0.3) is 11.1 Å². The van der Waals surface area contributed by atoms with E-state index in [4.69, 9.17) is 9.47 Å². The van der Waals surface area contributed by atoms with E-state index in [1.165, 1.54) is 33.3 Å². The molecule has 1 fully saturated rings. The average Bonchev–Trinajstić information content (AvgIpc) is 3.05. The molecule has 10 heteroatoms. The number of rotatable bonds is 7. The maximum Gasteiger partial charge on any atom is 0.328 e. The van der Waals surface area contributed by atoms with Crippen molar-refractivity contribution < 1.29 is 33.0 Å². The van der Waals surface area contributed by atoms with Crippen LogP contribution in [0.4, 0.5) is 9.18 Å². The molecule has 0 N–H and O–H groups in total. The molecule has 0 aromatic heterocycles. The normalized spacial score (nSPS) is 15.8. The molecule has 1 aliphatic heterocycles. The second-order valence-corrected chi connectivity index (χ2v) is 8.51. The maximum absolute atomic E-state index is 13.9. The van der Waals surface area contributed by atoms with Gasteiger partial charge in [0.05, 0.1) is 23.6 Å². The summed E-state index contributed by atoms with van der Waals surface area (Å²) in [7, 11) is 2.64. The van der Waals surface area contributed by atoms with Crippen molar-refractivity contribution in [2.45, 2.75) is 19.6 Å². The summed E-state index contributed by atoms with van der Waals surface area (Å²) >= 11 is 4.14. The number of esters is 1. The summed E-state index contributed by atoms with van der Waals surface area (Å²) in [4.78, 5) is 37.7. The summed E-state index contributed by atoms with van der Waals surface area (Å²) in [6.07, 6.45) is 1.52. The molecular weight excluding hydrogens is 505 g/mol. The Bertz CT molecular complexity index is 1110. The van der Waals surface area contributed by atoms with Gasteiger partial charge in [-0.15, -0.1) is 0 Å². The zero-order valence-corrected chi connectivity index (χ0v) is 19.8. The zero-order valence-electron chi connectivity index (χ0n) is 17.4. The van der Waals surface area contributed by atoms with Crippen molar-refractivity contribution in [1.29, 1.82) is 0 Å². The van der Waals surface area contributed by atoms with Gasteiger partial charge in [0, 0.05) is 5.56 Å². The monoisotopic (exact) mass is 523 g/mol. The molecule has 1 saturated heterocycles. The van der Waals surface area contributed by atoms with Crippen LogP contribution in [0.3, 0.4) is 0 Å². The zero-order chi connectivity index (χ0) is 23.4. The lowest BCUT2D eigenvalue weighted by molar-refractivity contribution is -0.148. The first-order chi connectivity index (χ1) is 15.3. The highest BCUT2D eigenvalue weighted by atomic mass is 79.9. The second kappa shape index (κ2) is 10.2. The van der Waals surface area contributed by atoms with E-state index in [9.17, 15) is 18.8 Å². The van der Waals surface area contributed by atoms with Gasteiger partial charge < -0.3 is 14.2 Å². The van der Waals surface area contributed by atoms with Crippen LogP contribution >= 0.6 is 27.7 Å². The van der Waals surface area contributed by atoms with Gasteiger partial charge in [-0.3, -0.25) is 14.5 Å². The molecule has 0 bridgehead atoms. The number of ether oxygens (including phenoxy) is 3. The fourth-order valence-corrected chi connectivity index (χ4v) is 4.45. The van der Waals surface area contributed by atoms with Crippen LogP contribution in [0.5, 0.6) is 11.5 Å². The molecule has 1 heterocycles. The lowest BCUT2D eigenvalue weighted by Crippen LogP contribution is -2.42. The van der Waals surface area contributed by atoms with E-state index in [0.29, 0.717) is 27.1 Å². The Morgan fingerprint density at radius 1 is 1.25 bits per heavy atom. The minimum Gasteiger partial charge on any atom is -0.493 e. The predicted octanol–water partition coefficient (Wildman–Crippen LogP) is 4.77. The molecule has 0 unspecified atom stereocenters. The number of hydrogen-bond donors (Lipinski definition) is 0. The van der Waals surface area contributed by atoms with E-state index in [2.05, 4.69) is 20.7 Å². The molecule has 2 amide bonds. The number of halogens is 2. The van der Waals surface area contributed by atoms with Crippen LogP contribution in [0.15, 0.2) is 45.8 Å². The van der Waals surface area contributed by atoms with E-state index >= 15 is 0 Å². The largest absolute Gasteiger partial charge is 0.493 e. The van der Waals surface area contributed by atoms with Crippen LogP contribution in [0, 0.1) is 5.82 Å². The Morgan fingerprint density at radius 3 is 2.62 bits per heavy atom. The van der Waals surface area contributed by atoms with E-state index in [0.717, 1.165) is 16.7 Å². The lowest BCUT2D eigenvalue weighted by Gasteiger charge is -2.18. The number of methoxy groups -OCH3 is 2. The van der Waals surface area contributed by atoms with Crippen molar-refractivity contribution in [3.05, 3.63) is 62.7 Å². The lowest BCUT2D eigenvalue weighted by atomic mass is 10.1. The average molecular weight is 524 g/mol. The Kier molecular flexibility index (Phi) is 7.57. The predicted molar refractivity (Wildman–Crippen MR) is 121 cm³/mol. The minimum atomic E-state index is -1.03. The number of nitrogens with zero attached hydrogens (tertiary/aromatic N) is 1. The molecule has 1 aliphatic rings. The number of carbonyl (C=O) groups excluding carboxylic acids is 3. The van der Waals surface area contributed by atoms with Gasteiger partial charge in [0.2, 0.25) is 0 Å². The first-order valence-electron chi connectivity index (χ1n) is 9.35. The number of thioether (sulfide) groups is 1. The number of carbonyl (C=O) groups is 3. The Balaban J connectivity index is 1.85. The Labute approximate surface area is 196 Å². The van der Waals surface area contributed by atoms with Crippen molar-refractivity contribution >= 4 is 50.9 Å². The summed E-state index contributed by atoms with van der Waals surface area (Å²) in [6.45, 7) is 1.41. The molecule has 2 aromatic carbocycles. The quantitative estimate of drug-likeness (QED) is 0.381. The van der Waals surface area contributed by atoms with Crippen LogP contribution in [0.25, 0.3) is 6.08 Å². The third-order valence-electron chi connectivity index (χ3n) is 4.63. The van der Waals surface area contributed by atoms with Crippen LogP contribution in [-0.2, 0) is 20.9 Å². The van der Waals surface area contributed by atoms with Gasteiger partial charge in [-0.1, -0.05) is 18.2 Å². The maximum atomic E-state index is 13.9. The summed E-state index contributed by atoms with van der Waals surface area (Å²) in [5, 5.41) is -0.560. The summed E-state index contributed by atoms with van der Waals surface area (Å²) in [5.41, 5.74) is 0.946. The van der Waals surface area contributed by atoms with Crippen LogP contribution in [0.1, 0.15) is 18.1 Å². The van der Waals surface area contributed by atoms with Crippen LogP contribution in [-0.4, -0.2) is 42.3 Å². The molecular formula is C22H19BrFNO6S. The molecule has 2 aromatic rings. The van der Waals surface area contributed by atoms with Crippen molar-refractivity contribution in [2.75, 3.05) is 14.2 Å². The number of benzene rings is 2. The van der Waals surface area contributed by atoms with E-state index in [1.807, 2.05) is 0 Å². The first-order valence-corrected chi connectivity index (χ1v) is 11.0. The van der Waals surface area contributed by atoms with Crippen LogP contribution < -0.4 is 9.47 Å². The third kappa shape index (κ3) is 4.97. The van der Waals surface area contributed by atoms with Crippen molar-refractivity contribution in [2.24, 2.45) is 0 Å². The highest BCUT2D eigenvalue weighted by Gasteiger charge is 2.41. The number of imide groups is 1. The highest BCUT2D eigenvalue weighted by Crippen LogP contribution is 2.40. The van der Waals surface area contributed by atoms with Gasteiger partial charge in [-0.05, 0) is 64.5 Å². The van der Waals surface area contributed by atoms with Gasteiger partial charge >= 0.3 is 5.97 Å². The molecule has 0 radical (unpaired) electrons. The molecule has 1 atom stereocenters. The van der Waals surface area contributed by atoms with Crippen molar-refractivity contribution in [3.63, 3.8) is 0 Å². The molecule has 0 saturated carbocycles. The van der Waals surface area contributed by atoms with Gasteiger partial charge in [0.15, 0.2) is 11.5 Å². The van der Waals surface area contributed by atoms with Crippen molar-refractivity contribution in [1.82, 2.24) is 4.90 Å². The van der Waals surface area contributed by atoms with Gasteiger partial charge in [-0.25, -0.2) is 9.18 Å². The number of hydrogen-bond acceptors (Lipinski definition) is 7. The fourth-order valence-electron chi connectivity index (χ4n) is 2.97. The van der Waals surface area contributed by atoms with Gasteiger partial charge in [-0.2, -0.15) is 0 Å². The summed E-state index contributed by atoms with van der Waals surface area (Å²) in [5.74, 6) is -0.942. The smallest absolute Gasteiger partial charge is 0.328 e. The van der Waals surface area contributed by atoms with E-state index in [-0.39, 0.29) is 17.3 Å². The van der Waals surface area contributed by atoms with Gasteiger partial charge in [0.1, 0.15) is 18.5 Å². The van der Waals surface area contributed by atoms with Crippen LogP contribution in [0.2, 0.25) is 0 Å². The molecule has 0 aliphatic carbocycles. The Hall–Kier alpha value is -2.85. The Morgan fingerprint density at radius 2 is 1.97 bits per heavy atom. The first kappa shape index (κ1) is 23.8. The fraction of sp³-hybridized carbons (Fsp3) is 0.227. The second-order valence-electron chi connectivity index (χ2n) is 6.67. The molecule has 0 spiro atoms. The standard InChI is InChI=1S/C22H19BrFNO6S/c1-12(21(27)30-3)25-20(26)18(32-22(25)28)10-13-8-15(23)19(17(9-13)29-2)31-11-14-6-4-5-7-16(14)24/h4-10,12H,11H2,1-3H3/b18-10+/t12-/m1/s1. The number of amides is 2. The minimum absolute atomic E-state index is 0.00865. The third-order valence-corrected chi connectivity index (χ3v) is 6.11.